The minimum absolute atomic E-state index is 0.0759. The Hall–Kier alpha value is -1.93. The highest BCUT2D eigenvalue weighted by Crippen LogP contribution is 2.24. The first-order chi connectivity index (χ1) is 10.9. The van der Waals surface area contributed by atoms with Gasteiger partial charge in [0.2, 0.25) is 15.9 Å². The van der Waals surface area contributed by atoms with Crippen molar-refractivity contribution < 1.29 is 22.7 Å². The van der Waals surface area contributed by atoms with Crippen molar-refractivity contribution in [1.82, 2.24) is 4.31 Å². The zero-order chi connectivity index (χ0) is 17.0. The number of hydrogen-bond donors (Lipinski definition) is 1. The van der Waals surface area contributed by atoms with Crippen LogP contribution in [0.1, 0.15) is 30.1 Å². The third-order valence-corrected chi connectivity index (χ3v) is 5.66. The summed E-state index contributed by atoms with van der Waals surface area (Å²) >= 11 is 0. The molecular weight excluding hydrogens is 320 g/mol. The number of primary amides is 1. The Morgan fingerprint density at radius 3 is 2.52 bits per heavy atom. The van der Waals surface area contributed by atoms with Crippen molar-refractivity contribution in [3.8, 4) is 0 Å². The summed E-state index contributed by atoms with van der Waals surface area (Å²) in [6.07, 6.45) is 1.22. The largest absolute Gasteiger partial charge is 0.466 e. The van der Waals surface area contributed by atoms with Crippen LogP contribution in [0, 0.1) is 5.92 Å². The number of carbonyl (C=O) groups is 2. The Labute approximate surface area is 135 Å². The maximum absolute atomic E-state index is 12.7. The molecule has 0 bridgehead atoms. The number of sulfonamides is 1. The Balaban J connectivity index is 2.18. The van der Waals surface area contributed by atoms with Gasteiger partial charge in [0.05, 0.1) is 17.4 Å². The molecule has 0 aliphatic carbocycles. The van der Waals surface area contributed by atoms with Gasteiger partial charge in [-0.25, -0.2) is 8.42 Å². The van der Waals surface area contributed by atoms with Crippen molar-refractivity contribution in [2.24, 2.45) is 11.7 Å². The standard InChI is InChI=1S/C15H20N2O5S/c1-2-22-15(19)12-4-3-9-17(10-12)23(20,21)13-7-5-11(6-8-13)14(16)18/h5-8,12H,2-4,9-10H2,1H3,(H2,16,18). The van der Waals surface area contributed by atoms with Gasteiger partial charge < -0.3 is 10.5 Å². The molecule has 1 saturated heterocycles. The van der Waals surface area contributed by atoms with Gasteiger partial charge in [-0.05, 0) is 44.0 Å². The van der Waals surface area contributed by atoms with Crippen LogP contribution < -0.4 is 5.73 Å². The molecule has 0 spiro atoms. The van der Waals surface area contributed by atoms with Gasteiger partial charge in [0, 0.05) is 18.7 Å². The number of piperidine rings is 1. The van der Waals surface area contributed by atoms with Crippen LogP contribution in [0.2, 0.25) is 0 Å². The first-order valence-electron chi connectivity index (χ1n) is 7.43. The van der Waals surface area contributed by atoms with E-state index in [1.807, 2.05) is 0 Å². The number of nitrogens with zero attached hydrogens (tertiary/aromatic N) is 1. The molecule has 1 fully saturated rings. The first-order valence-corrected chi connectivity index (χ1v) is 8.87. The summed E-state index contributed by atoms with van der Waals surface area (Å²) in [4.78, 5) is 23.0. The van der Waals surface area contributed by atoms with E-state index in [-0.39, 0.29) is 29.6 Å². The van der Waals surface area contributed by atoms with Crippen LogP contribution in [-0.2, 0) is 19.6 Å². The van der Waals surface area contributed by atoms with E-state index in [1.54, 1.807) is 6.92 Å². The summed E-state index contributed by atoms with van der Waals surface area (Å²) in [5.74, 6) is -1.42. The van der Waals surface area contributed by atoms with E-state index in [4.69, 9.17) is 10.5 Å². The van der Waals surface area contributed by atoms with Crippen molar-refractivity contribution in [3.05, 3.63) is 29.8 Å². The van der Waals surface area contributed by atoms with Gasteiger partial charge in [-0.3, -0.25) is 9.59 Å². The monoisotopic (exact) mass is 340 g/mol. The average Bonchev–Trinajstić information content (AvgIpc) is 2.55. The van der Waals surface area contributed by atoms with Crippen molar-refractivity contribution >= 4 is 21.9 Å². The maximum Gasteiger partial charge on any atom is 0.310 e. The molecule has 2 rings (SSSR count). The van der Waals surface area contributed by atoms with Crippen molar-refractivity contribution in [2.45, 2.75) is 24.7 Å². The van der Waals surface area contributed by atoms with Crippen molar-refractivity contribution in [3.63, 3.8) is 0 Å². The van der Waals surface area contributed by atoms with E-state index < -0.39 is 21.8 Å². The quantitative estimate of drug-likeness (QED) is 0.796. The number of hydrogen-bond acceptors (Lipinski definition) is 5. The Bertz CT molecular complexity index is 684. The van der Waals surface area contributed by atoms with Gasteiger partial charge in [0.15, 0.2) is 0 Å². The molecule has 1 amide bonds. The van der Waals surface area contributed by atoms with E-state index in [0.717, 1.165) is 0 Å². The van der Waals surface area contributed by atoms with Crippen LogP contribution in [0.25, 0.3) is 0 Å². The normalized spacial score (nSPS) is 19.3. The van der Waals surface area contributed by atoms with Gasteiger partial charge >= 0.3 is 5.97 Å². The second-order valence-corrected chi connectivity index (χ2v) is 7.28. The highest BCUT2D eigenvalue weighted by molar-refractivity contribution is 7.89. The molecule has 2 N–H and O–H groups in total. The van der Waals surface area contributed by atoms with Gasteiger partial charge in [-0.15, -0.1) is 0 Å². The van der Waals surface area contributed by atoms with Crippen LogP contribution in [0.3, 0.4) is 0 Å². The molecule has 1 aromatic rings. The molecule has 1 aliphatic heterocycles. The number of nitrogens with two attached hydrogens (primary N) is 1. The third kappa shape index (κ3) is 3.89. The van der Waals surface area contributed by atoms with E-state index >= 15 is 0 Å². The minimum Gasteiger partial charge on any atom is -0.466 e. The molecule has 7 nitrogen and oxygen atoms in total. The summed E-state index contributed by atoms with van der Waals surface area (Å²) in [5.41, 5.74) is 5.39. The summed E-state index contributed by atoms with van der Waals surface area (Å²) in [5, 5.41) is 0. The van der Waals surface area contributed by atoms with Gasteiger partial charge in [0.25, 0.3) is 0 Å². The SMILES string of the molecule is CCOC(=O)C1CCCN(S(=O)(=O)c2ccc(C(N)=O)cc2)C1. The zero-order valence-electron chi connectivity index (χ0n) is 12.9. The Morgan fingerprint density at radius 2 is 1.96 bits per heavy atom. The molecule has 0 radical (unpaired) electrons. The van der Waals surface area contributed by atoms with Crippen molar-refractivity contribution in [2.75, 3.05) is 19.7 Å². The summed E-state index contributed by atoms with van der Waals surface area (Å²) < 4.78 is 31.6. The average molecular weight is 340 g/mol. The van der Waals surface area contributed by atoms with Gasteiger partial charge in [-0.1, -0.05) is 0 Å². The second-order valence-electron chi connectivity index (χ2n) is 5.34. The number of carbonyl (C=O) groups excluding carboxylic acids is 2. The summed E-state index contributed by atoms with van der Waals surface area (Å²) in [6, 6.07) is 5.46. The molecule has 0 saturated carbocycles. The molecule has 1 aromatic carbocycles. The Morgan fingerprint density at radius 1 is 1.30 bits per heavy atom. The van der Waals surface area contributed by atoms with Gasteiger partial charge in [-0.2, -0.15) is 4.31 Å². The number of esters is 1. The molecule has 1 aliphatic rings. The molecule has 126 valence electrons. The van der Waals surface area contributed by atoms with E-state index in [9.17, 15) is 18.0 Å². The van der Waals surface area contributed by atoms with Crippen LogP contribution in [0.4, 0.5) is 0 Å². The fraction of sp³-hybridized carbons (Fsp3) is 0.467. The summed E-state index contributed by atoms with van der Waals surface area (Å²) in [6.45, 7) is 2.46. The predicted molar refractivity (Wildman–Crippen MR) is 83.1 cm³/mol. The number of amides is 1. The highest BCUT2D eigenvalue weighted by atomic mass is 32.2. The fourth-order valence-corrected chi connectivity index (χ4v) is 4.08. The number of rotatable bonds is 5. The lowest BCUT2D eigenvalue weighted by molar-refractivity contribution is -0.149. The lowest BCUT2D eigenvalue weighted by Crippen LogP contribution is -2.42. The second kappa shape index (κ2) is 7.10. The van der Waals surface area contributed by atoms with Crippen molar-refractivity contribution in [1.29, 1.82) is 0 Å². The molecule has 23 heavy (non-hydrogen) atoms. The zero-order valence-corrected chi connectivity index (χ0v) is 13.7. The van der Waals surface area contributed by atoms with E-state index in [2.05, 4.69) is 0 Å². The molecule has 1 heterocycles. The van der Waals surface area contributed by atoms with Crippen LogP contribution in [0.5, 0.6) is 0 Å². The van der Waals surface area contributed by atoms with Crippen LogP contribution in [-0.4, -0.2) is 44.3 Å². The minimum atomic E-state index is -3.71. The molecule has 8 heteroatoms. The molecular formula is C15H20N2O5S. The van der Waals surface area contributed by atoms with Gasteiger partial charge in [0.1, 0.15) is 0 Å². The van der Waals surface area contributed by atoms with E-state index in [1.165, 1.54) is 28.6 Å². The topological polar surface area (TPSA) is 107 Å². The van der Waals surface area contributed by atoms with Crippen LogP contribution >= 0.6 is 0 Å². The molecule has 0 aromatic heterocycles. The van der Waals surface area contributed by atoms with E-state index in [0.29, 0.717) is 19.4 Å². The predicted octanol–water partition coefficient (Wildman–Crippen LogP) is 0.749. The number of ether oxygens (including phenoxy) is 1. The lowest BCUT2D eigenvalue weighted by Gasteiger charge is -2.30. The summed E-state index contributed by atoms with van der Waals surface area (Å²) in [7, 11) is -3.71. The maximum atomic E-state index is 12.7. The third-order valence-electron chi connectivity index (χ3n) is 3.78. The fourth-order valence-electron chi connectivity index (χ4n) is 2.55. The number of benzene rings is 1. The highest BCUT2D eigenvalue weighted by Gasteiger charge is 2.33. The smallest absolute Gasteiger partial charge is 0.310 e. The van der Waals surface area contributed by atoms with Crippen LogP contribution in [0.15, 0.2) is 29.2 Å². The molecule has 1 atom stereocenters. The first kappa shape index (κ1) is 17.4. The molecule has 1 unspecified atom stereocenters. The Kier molecular flexibility index (Phi) is 5.38. The lowest BCUT2D eigenvalue weighted by atomic mass is 10.0.